The van der Waals surface area contributed by atoms with Gasteiger partial charge in [0.25, 0.3) is 0 Å². The van der Waals surface area contributed by atoms with Crippen LogP contribution in [-0.2, 0) is 6.42 Å². The molecule has 0 aliphatic carbocycles. The van der Waals surface area contributed by atoms with Crippen LogP contribution < -0.4 is 5.73 Å². The van der Waals surface area contributed by atoms with Crippen LogP contribution in [0.4, 0.5) is 0 Å². The van der Waals surface area contributed by atoms with Crippen molar-refractivity contribution in [1.82, 2.24) is 0 Å². The first-order valence-electron chi connectivity index (χ1n) is 5.64. The van der Waals surface area contributed by atoms with Gasteiger partial charge in [-0.2, -0.15) is 0 Å². The highest BCUT2D eigenvalue weighted by Crippen LogP contribution is 2.12. The highest BCUT2D eigenvalue weighted by molar-refractivity contribution is 6.08. The summed E-state index contributed by atoms with van der Waals surface area (Å²) in [4.78, 5) is 23.4. The molecule has 2 rings (SSSR count). The Labute approximate surface area is 105 Å². The number of primary amides is 1. The van der Waals surface area contributed by atoms with E-state index in [1.807, 2.05) is 30.3 Å². The molecule has 0 bridgehead atoms. The first-order chi connectivity index (χ1) is 8.68. The Bertz CT molecular complexity index is 576. The Kier molecular flexibility index (Phi) is 3.53. The van der Waals surface area contributed by atoms with Crippen molar-refractivity contribution in [3.8, 4) is 0 Å². The average Bonchev–Trinajstić information content (AvgIpc) is 2.40. The van der Waals surface area contributed by atoms with Crippen molar-refractivity contribution < 1.29 is 9.59 Å². The van der Waals surface area contributed by atoms with E-state index in [9.17, 15) is 9.59 Å². The monoisotopic (exact) mass is 239 g/mol. The summed E-state index contributed by atoms with van der Waals surface area (Å²) in [7, 11) is 0. The molecule has 0 radical (unpaired) electrons. The lowest BCUT2D eigenvalue weighted by Crippen LogP contribution is -2.17. The Morgan fingerprint density at radius 2 is 1.39 bits per heavy atom. The van der Waals surface area contributed by atoms with Gasteiger partial charge in [0.2, 0.25) is 5.91 Å². The van der Waals surface area contributed by atoms with Gasteiger partial charge in [-0.25, -0.2) is 0 Å². The number of ketones is 1. The molecule has 3 nitrogen and oxygen atoms in total. The number of Topliss-reactive ketones (excluding diaryl/α,β-unsaturated/α-hetero) is 1. The zero-order chi connectivity index (χ0) is 13.0. The minimum absolute atomic E-state index is 0.101. The summed E-state index contributed by atoms with van der Waals surface area (Å²) in [5, 5.41) is 0. The Morgan fingerprint density at radius 1 is 0.833 bits per heavy atom. The molecule has 0 saturated heterocycles. The molecule has 2 aromatic rings. The molecule has 0 saturated carbocycles. The molecule has 1 amide bonds. The zero-order valence-electron chi connectivity index (χ0n) is 9.80. The van der Waals surface area contributed by atoms with E-state index >= 15 is 0 Å². The molecule has 0 aliphatic heterocycles. The molecular formula is C15H13NO2. The molecule has 18 heavy (non-hydrogen) atoms. The molecule has 0 aliphatic rings. The van der Waals surface area contributed by atoms with Gasteiger partial charge in [-0.1, -0.05) is 48.5 Å². The van der Waals surface area contributed by atoms with Crippen molar-refractivity contribution in [2.45, 2.75) is 6.42 Å². The molecule has 90 valence electrons. The van der Waals surface area contributed by atoms with Crippen LogP contribution in [0, 0.1) is 0 Å². The number of hydrogen-bond acceptors (Lipinski definition) is 2. The third-order valence-corrected chi connectivity index (χ3v) is 2.70. The minimum Gasteiger partial charge on any atom is -0.366 e. The Morgan fingerprint density at radius 3 is 2.00 bits per heavy atom. The van der Waals surface area contributed by atoms with E-state index in [-0.39, 0.29) is 17.8 Å². The van der Waals surface area contributed by atoms with Gasteiger partial charge in [-0.05, 0) is 11.6 Å². The number of benzene rings is 2. The van der Waals surface area contributed by atoms with Crippen molar-refractivity contribution >= 4 is 11.7 Å². The van der Waals surface area contributed by atoms with E-state index in [0.717, 1.165) is 5.56 Å². The molecule has 0 unspecified atom stereocenters. The normalized spacial score (nSPS) is 10.0. The molecule has 2 N–H and O–H groups in total. The van der Waals surface area contributed by atoms with Gasteiger partial charge >= 0.3 is 0 Å². The lowest BCUT2D eigenvalue weighted by Gasteiger charge is -2.05. The van der Waals surface area contributed by atoms with Crippen LogP contribution in [0.2, 0.25) is 0 Å². The summed E-state index contributed by atoms with van der Waals surface area (Å²) >= 11 is 0. The second-order valence-corrected chi connectivity index (χ2v) is 4.00. The number of carbonyl (C=O) groups is 2. The van der Waals surface area contributed by atoms with Crippen molar-refractivity contribution in [1.29, 1.82) is 0 Å². The van der Waals surface area contributed by atoms with Crippen molar-refractivity contribution in [3.05, 3.63) is 71.3 Å². The van der Waals surface area contributed by atoms with E-state index in [2.05, 4.69) is 0 Å². The zero-order valence-corrected chi connectivity index (χ0v) is 9.80. The van der Waals surface area contributed by atoms with E-state index in [4.69, 9.17) is 5.73 Å². The van der Waals surface area contributed by atoms with Gasteiger partial charge in [0.1, 0.15) is 0 Å². The number of rotatable bonds is 4. The fourth-order valence-electron chi connectivity index (χ4n) is 1.82. The van der Waals surface area contributed by atoms with Crippen LogP contribution in [0.1, 0.15) is 26.3 Å². The Hall–Kier alpha value is -2.42. The van der Waals surface area contributed by atoms with E-state index < -0.39 is 5.91 Å². The maximum absolute atomic E-state index is 12.1. The summed E-state index contributed by atoms with van der Waals surface area (Å²) in [6.45, 7) is 0. The smallest absolute Gasteiger partial charge is 0.249 e. The maximum Gasteiger partial charge on any atom is 0.249 e. The van der Waals surface area contributed by atoms with Gasteiger partial charge < -0.3 is 5.73 Å². The van der Waals surface area contributed by atoms with Crippen LogP contribution in [-0.4, -0.2) is 11.7 Å². The molecule has 0 spiro atoms. The SMILES string of the molecule is NC(=O)c1ccccc1C(=O)Cc1ccccc1. The summed E-state index contributed by atoms with van der Waals surface area (Å²) < 4.78 is 0. The topological polar surface area (TPSA) is 60.2 Å². The quantitative estimate of drug-likeness (QED) is 0.831. The summed E-state index contributed by atoms with van der Waals surface area (Å²) in [5.74, 6) is -0.678. The predicted molar refractivity (Wildman–Crippen MR) is 69.4 cm³/mol. The standard InChI is InChI=1S/C15H13NO2/c16-15(18)13-9-5-4-8-12(13)14(17)10-11-6-2-1-3-7-11/h1-9H,10H2,(H2,16,18). The third kappa shape index (κ3) is 2.63. The minimum atomic E-state index is -0.577. The molecule has 0 aromatic heterocycles. The predicted octanol–water partition coefficient (Wildman–Crippen LogP) is 2.21. The molecular weight excluding hydrogens is 226 g/mol. The highest BCUT2D eigenvalue weighted by Gasteiger charge is 2.14. The third-order valence-electron chi connectivity index (χ3n) is 2.70. The Balaban J connectivity index is 2.27. The van der Waals surface area contributed by atoms with E-state index in [0.29, 0.717) is 5.56 Å². The molecule has 2 aromatic carbocycles. The van der Waals surface area contributed by atoms with Gasteiger partial charge in [-0.3, -0.25) is 9.59 Å². The average molecular weight is 239 g/mol. The van der Waals surface area contributed by atoms with Crippen molar-refractivity contribution in [2.75, 3.05) is 0 Å². The molecule has 0 heterocycles. The first kappa shape index (κ1) is 12.0. The molecule has 0 atom stereocenters. The first-order valence-corrected chi connectivity index (χ1v) is 5.64. The summed E-state index contributed by atoms with van der Waals surface area (Å²) in [5.41, 5.74) is 6.83. The van der Waals surface area contributed by atoms with Gasteiger partial charge in [0.05, 0.1) is 0 Å². The maximum atomic E-state index is 12.1. The largest absolute Gasteiger partial charge is 0.366 e. The second-order valence-electron chi connectivity index (χ2n) is 4.00. The lowest BCUT2D eigenvalue weighted by molar-refractivity contribution is 0.0963. The number of nitrogens with two attached hydrogens (primary N) is 1. The highest BCUT2D eigenvalue weighted by atomic mass is 16.1. The van der Waals surface area contributed by atoms with Crippen LogP contribution >= 0.6 is 0 Å². The number of hydrogen-bond donors (Lipinski definition) is 1. The van der Waals surface area contributed by atoms with Gasteiger partial charge in [-0.15, -0.1) is 0 Å². The van der Waals surface area contributed by atoms with Gasteiger partial charge in [0, 0.05) is 17.5 Å². The summed E-state index contributed by atoms with van der Waals surface area (Å²) in [6.07, 6.45) is 0.269. The second kappa shape index (κ2) is 5.27. The van der Waals surface area contributed by atoms with Crippen LogP contribution in [0.3, 0.4) is 0 Å². The number of amides is 1. The van der Waals surface area contributed by atoms with Crippen molar-refractivity contribution in [2.24, 2.45) is 5.73 Å². The fourth-order valence-corrected chi connectivity index (χ4v) is 1.82. The fraction of sp³-hybridized carbons (Fsp3) is 0.0667. The van der Waals surface area contributed by atoms with Crippen LogP contribution in [0.25, 0.3) is 0 Å². The number of carbonyl (C=O) groups excluding carboxylic acids is 2. The lowest BCUT2D eigenvalue weighted by atomic mass is 9.98. The molecule has 0 fully saturated rings. The van der Waals surface area contributed by atoms with E-state index in [1.165, 1.54) is 0 Å². The van der Waals surface area contributed by atoms with Crippen LogP contribution in [0.5, 0.6) is 0 Å². The molecule has 3 heteroatoms. The van der Waals surface area contributed by atoms with Crippen molar-refractivity contribution in [3.63, 3.8) is 0 Å². The van der Waals surface area contributed by atoms with Gasteiger partial charge in [0.15, 0.2) is 5.78 Å². The summed E-state index contributed by atoms with van der Waals surface area (Å²) in [6, 6.07) is 16.0. The van der Waals surface area contributed by atoms with E-state index in [1.54, 1.807) is 24.3 Å². The van der Waals surface area contributed by atoms with Crippen LogP contribution in [0.15, 0.2) is 54.6 Å².